The van der Waals surface area contributed by atoms with Crippen molar-refractivity contribution in [3.05, 3.63) is 0 Å². The Morgan fingerprint density at radius 2 is 0.900 bits per heavy atom. The standard InChI is InChI=1S/2C2H4O2.2Ba.4H/c2*1-2(3)4;;;;;;/h2*1H3,(H,3,4);;;;;;. The van der Waals surface area contributed by atoms with Crippen molar-refractivity contribution in [3.8, 4) is 0 Å². The summed E-state index contributed by atoms with van der Waals surface area (Å²) >= 11 is 0. The van der Waals surface area contributed by atoms with E-state index < -0.39 is 11.9 Å². The zero-order valence-electron chi connectivity index (χ0n) is 4.71. The summed E-state index contributed by atoms with van der Waals surface area (Å²) in [5, 5.41) is 14.8. The van der Waals surface area contributed by atoms with E-state index in [1.54, 1.807) is 0 Å². The molecule has 0 aromatic heterocycles. The molecule has 0 rings (SSSR count). The molecular weight excluding hydrogens is 387 g/mol. The first-order valence-corrected chi connectivity index (χ1v) is 1.86. The molecule has 6 heteroatoms. The molecule has 0 bridgehead atoms. The minimum atomic E-state index is -0.833. The molecule has 0 aromatic carbocycles. The van der Waals surface area contributed by atoms with E-state index in [9.17, 15) is 0 Å². The Balaban J connectivity index is -0.0000000300. The van der Waals surface area contributed by atoms with Gasteiger partial charge in [-0.1, -0.05) is 0 Å². The number of carbonyl (C=O) groups is 2. The van der Waals surface area contributed by atoms with Crippen LogP contribution >= 0.6 is 0 Å². The average molecular weight is 399 g/mol. The van der Waals surface area contributed by atoms with E-state index in [0.717, 1.165) is 13.8 Å². The summed E-state index contributed by atoms with van der Waals surface area (Å²) in [6.07, 6.45) is 0. The van der Waals surface area contributed by atoms with E-state index >= 15 is 0 Å². The van der Waals surface area contributed by atoms with Crippen molar-refractivity contribution < 1.29 is 19.8 Å². The topological polar surface area (TPSA) is 74.6 Å². The van der Waals surface area contributed by atoms with Gasteiger partial charge in [-0.05, 0) is 0 Å². The summed E-state index contributed by atoms with van der Waals surface area (Å²) in [5.41, 5.74) is 0. The van der Waals surface area contributed by atoms with Gasteiger partial charge in [0.1, 0.15) is 0 Å². The Kier molecular flexibility index (Phi) is 39.2. The molecule has 10 heavy (non-hydrogen) atoms. The number of carboxylic acids is 2. The fourth-order valence-corrected chi connectivity index (χ4v) is 0. The van der Waals surface area contributed by atoms with Crippen LogP contribution in [0.4, 0.5) is 0 Å². The molecule has 0 saturated heterocycles. The quantitative estimate of drug-likeness (QED) is 0.480. The van der Waals surface area contributed by atoms with Gasteiger partial charge in [0, 0.05) is 13.8 Å². The number of rotatable bonds is 0. The van der Waals surface area contributed by atoms with Gasteiger partial charge in [-0.25, -0.2) is 0 Å². The normalized spacial score (nSPS) is 5.00. The van der Waals surface area contributed by atoms with E-state index in [1.807, 2.05) is 0 Å². The van der Waals surface area contributed by atoms with Crippen LogP contribution in [0.5, 0.6) is 0 Å². The van der Waals surface area contributed by atoms with Crippen LogP contribution in [0.3, 0.4) is 0 Å². The van der Waals surface area contributed by atoms with Gasteiger partial charge in [0.2, 0.25) is 0 Å². The second-order valence-electron chi connectivity index (χ2n) is 1.04. The van der Waals surface area contributed by atoms with Crippen molar-refractivity contribution in [1.29, 1.82) is 0 Å². The van der Waals surface area contributed by atoms with Gasteiger partial charge < -0.3 is 10.2 Å². The molecular formula is C4H12Ba2O4. The predicted octanol–water partition coefficient (Wildman–Crippen LogP) is -1.65. The van der Waals surface area contributed by atoms with Gasteiger partial charge in [-0.2, -0.15) is 0 Å². The molecule has 0 spiro atoms. The Hall–Kier alpha value is 2.08. The molecule has 0 heterocycles. The molecule has 56 valence electrons. The fraction of sp³-hybridized carbons (Fsp3) is 0.500. The minimum absolute atomic E-state index is 0. The molecule has 0 unspecified atom stereocenters. The van der Waals surface area contributed by atoms with Gasteiger partial charge in [-0.15, -0.1) is 0 Å². The second-order valence-corrected chi connectivity index (χ2v) is 1.04. The van der Waals surface area contributed by atoms with Crippen LogP contribution < -0.4 is 0 Å². The van der Waals surface area contributed by atoms with Crippen LogP contribution in [-0.2, 0) is 9.59 Å². The molecule has 0 saturated carbocycles. The molecule has 0 radical (unpaired) electrons. The van der Waals surface area contributed by atoms with Crippen LogP contribution in [0.1, 0.15) is 13.8 Å². The fourth-order valence-electron chi connectivity index (χ4n) is 0. The third kappa shape index (κ3) is 192. The van der Waals surface area contributed by atoms with Crippen molar-refractivity contribution in [3.63, 3.8) is 0 Å². The molecule has 0 aromatic rings. The molecule has 0 aliphatic heterocycles. The van der Waals surface area contributed by atoms with Crippen molar-refractivity contribution in [1.82, 2.24) is 0 Å². The summed E-state index contributed by atoms with van der Waals surface area (Å²) in [6.45, 7) is 2.17. The van der Waals surface area contributed by atoms with Gasteiger partial charge in [0.05, 0.1) is 0 Å². The second kappa shape index (κ2) is 17.2. The molecule has 0 amide bonds. The first-order chi connectivity index (χ1) is 3.46. The molecule has 4 nitrogen and oxygen atoms in total. The summed E-state index contributed by atoms with van der Waals surface area (Å²) in [4.78, 5) is 18.0. The van der Waals surface area contributed by atoms with Crippen LogP contribution in [0.2, 0.25) is 0 Å². The van der Waals surface area contributed by atoms with Crippen LogP contribution in [-0.4, -0.2) is 120 Å². The third-order valence-corrected chi connectivity index (χ3v) is 0. The van der Waals surface area contributed by atoms with E-state index in [0.29, 0.717) is 0 Å². The first-order valence-electron chi connectivity index (χ1n) is 1.86. The average Bonchev–Trinajstić information content (AvgIpc) is 1.25. The maximum absolute atomic E-state index is 9.00. The summed E-state index contributed by atoms with van der Waals surface area (Å²) in [5.74, 6) is -1.67. The summed E-state index contributed by atoms with van der Waals surface area (Å²) in [6, 6.07) is 0. The van der Waals surface area contributed by atoms with E-state index in [4.69, 9.17) is 19.8 Å². The Morgan fingerprint density at radius 1 is 0.900 bits per heavy atom. The van der Waals surface area contributed by atoms with Gasteiger partial charge in [0.15, 0.2) is 0 Å². The van der Waals surface area contributed by atoms with Gasteiger partial charge in [0.25, 0.3) is 11.9 Å². The monoisotopic (exact) mass is 400 g/mol. The van der Waals surface area contributed by atoms with Crippen molar-refractivity contribution in [2.24, 2.45) is 0 Å². The van der Waals surface area contributed by atoms with E-state index in [-0.39, 0.29) is 97.8 Å². The van der Waals surface area contributed by atoms with Crippen LogP contribution in [0.25, 0.3) is 0 Å². The third-order valence-electron chi connectivity index (χ3n) is 0. The number of hydrogen-bond donors (Lipinski definition) is 2. The van der Waals surface area contributed by atoms with Crippen molar-refractivity contribution in [2.75, 3.05) is 0 Å². The van der Waals surface area contributed by atoms with Crippen molar-refractivity contribution in [2.45, 2.75) is 13.8 Å². The Bertz CT molecular complexity index is 73.3. The zero-order chi connectivity index (χ0) is 7.15. The van der Waals surface area contributed by atoms with Crippen LogP contribution in [0, 0.1) is 0 Å². The van der Waals surface area contributed by atoms with E-state index in [2.05, 4.69) is 0 Å². The van der Waals surface area contributed by atoms with Gasteiger partial charge >= 0.3 is 97.8 Å². The molecule has 2 N–H and O–H groups in total. The SMILES string of the molecule is CC(=O)O.CC(=O)O.[BaH2].[BaH2]. The number of hydrogen-bond acceptors (Lipinski definition) is 2. The molecule has 0 aliphatic carbocycles. The maximum atomic E-state index is 9.00. The Labute approximate surface area is 140 Å². The molecule has 0 fully saturated rings. The predicted molar refractivity (Wildman–Crippen MR) is 43.7 cm³/mol. The summed E-state index contributed by atoms with van der Waals surface area (Å²) in [7, 11) is 0. The van der Waals surface area contributed by atoms with Gasteiger partial charge in [-0.3, -0.25) is 9.59 Å². The first kappa shape index (κ1) is 22.7. The Morgan fingerprint density at radius 3 is 0.900 bits per heavy atom. The molecule has 0 atom stereocenters. The number of carboxylic acid groups (broad SMARTS) is 2. The van der Waals surface area contributed by atoms with Crippen LogP contribution in [0.15, 0.2) is 0 Å². The van der Waals surface area contributed by atoms with E-state index in [1.165, 1.54) is 0 Å². The molecule has 0 aliphatic rings. The van der Waals surface area contributed by atoms with Crippen molar-refractivity contribution >= 4 is 110 Å². The zero-order valence-corrected chi connectivity index (χ0v) is 4.71. The summed E-state index contributed by atoms with van der Waals surface area (Å²) < 4.78 is 0. The number of aliphatic carboxylic acids is 2.